The first-order chi connectivity index (χ1) is 8.19. The van der Waals surface area contributed by atoms with Gasteiger partial charge >= 0.3 is 5.97 Å². The van der Waals surface area contributed by atoms with Crippen molar-refractivity contribution in [1.82, 2.24) is 4.90 Å². The topological polar surface area (TPSA) is 29.5 Å². The number of ether oxygens (including phenoxy) is 1. The third-order valence-corrected chi connectivity index (χ3v) is 3.65. The van der Waals surface area contributed by atoms with Crippen LogP contribution in [0.15, 0.2) is 28.7 Å². The van der Waals surface area contributed by atoms with Crippen LogP contribution < -0.4 is 0 Å². The lowest BCUT2D eigenvalue weighted by molar-refractivity contribution is -0.144. The Balaban J connectivity index is 1.89. The van der Waals surface area contributed by atoms with Crippen molar-refractivity contribution < 1.29 is 9.53 Å². The zero-order chi connectivity index (χ0) is 12.3. The minimum atomic E-state index is -0.0803. The van der Waals surface area contributed by atoms with Gasteiger partial charge < -0.3 is 4.74 Å². The third-order valence-electron chi connectivity index (χ3n) is 3.13. The molecule has 1 aromatic carbocycles. The number of carbonyl (C=O) groups is 1. The Kier molecular flexibility index (Phi) is 4.18. The summed E-state index contributed by atoms with van der Waals surface area (Å²) in [4.78, 5) is 13.7. The number of hydrogen-bond acceptors (Lipinski definition) is 3. The highest BCUT2D eigenvalue weighted by molar-refractivity contribution is 9.10. The van der Waals surface area contributed by atoms with E-state index in [4.69, 9.17) is 4.74 Å². The van der Waals surface area contributed by atoms with E-state index in [1.165, 1.54) is 12.7 Å². The summed E-state index contributed by atoms with van der Waals surface area (Å²) in [6.07, 6.45) is 0.906. The predicted molar refractivity (Wildman–Crippen MR) is 69.5 cm³/mol. The normalized spacial score (nSPS) is 20.5. The van der Waals surface area contributed by atoms with Crippen LogP contribution in [0.5, 0.6) is 0 Å². The number of rotatable bonds is 3. The summed E-state index contributed by atoms with van der Waals surface area (Å²) >= 11 is 3.42. The van der Waals surface area contributed by atoms with Crippen LogP contribution in [0.2, 0.25) is 0 Å². The standard InChI is InChI=1S/C13H16BrNO2/c1-17-13(16)11-6-7-15(9-11)8-10-2-4-12(14)5-3-10/h2-5,11H,6-9H2,1H3. The summed E-state index contributed by atoms with van der Waals surface area (Å²) in [5.41, 5.74) is 1.28. The second-order valence-corrected chi connectivity index (χ2v) is 5.29. The summed E-state index contributed by atoms with van der Waals surface area (Å²) < 4.78 is 5.87. The van der Waals surface area contributed by atoms with Crippen LogP contribution in [0.1, 0.15) is 12.0 Å². The highest BCUT2D eigenvalue weighted by atomic mass is 79.9. The maximum absolute atomic E-state index is 11.4. The summed E-state index contributed by atoms with van der Waals surface area (Å²) in [6.45, 7) is 2.68. The largest absolute Gasteiger partial charge is 0.469 e. The maximum Gasteiger partial charge on any atom is 0.310 e. The number of nitrogens with zero attached hydrogens (tertiary/aromatic N) is 1. The average Bonchev–Trinajstić information content (AvgIpc) is 2.80. The molecule has 0 saturated carbocycles. The zero-order valence-electron chi connectivity index (χ0n) is 9.86. The van der Waals surface area contributed by atoms with Gasteiger partial charge in [-0.3, -0.25) is 9.69 Å². The van der Waals surface area contributed by atoms with Gasteiger partial charge in [0.2, 0.25) is 0 Å². The smallest absolute Gasteiger partial charge is 0.310 e. The van der Waals surface area contributed by atoms with E-state index in [0.29, 0.717) is 0 Å². The first-order valence-electron chi connectivity index (χ1n) is 5.73. The zero-order valence-corrected chi connectivity index (χ0v) is 11.4. The van der Waals surface area contributed by atoms with Crippen molar-refractivity contribution in [3.05, 3.63) is 34.3 Å². The minimum absolute atomic E-state index is 0.0513. The van der Waals surface area contributed by atoms with Crippen molar-refractivity contribution in [1.29, 1.82) is 0 Å². The quantitative estimate of drug-likeness (QED) is 0.803. The molecular weight excluding hydrogens is 282 g/mol. The molecule has 0 aliphatic carbocycles. The predicted octanol–water partition coefficient (Wildman–Crippen LogP) is 2.44. The van der Waals surface area contributed by atoms with Crippen LogP contribution in [0.3, 0.4) is 0 Å². The van der Waals surface area contributed by atoms with Crippen molar-refractivity contribution in [2.75, 3.05) is 20.2 Å². The molecule has 1 fully saturated rings. The molecule has 1 aliphatic rings. The fourth-order valence-corrected chi connectivity index (χ4v) is 2.45. The molecule has 1 heterocycles. The van der Waals surface area contributed by atoms with Crippen LogP contribution in [-0.2, 0) is 16.1 Å². The van der Waals surface area contributed by atoms with Gasteiger partial charge in [0.05, 0.1) is 13.0 Å². The molecule has 0 radical (unpaired) electrons. The molecule has 0 aromatic heterocycles. The molecule has 17 heavy (non-hydrogen) atoms. The van der Waals surface area contributed by atoms with Crippen LogP contribution in [0.4, 0.5) is 0 Å². The fraction of sp³-hybridized carbons (Fsp3) is 0.462. The van der Waals surface area contributed by atoms with Gasteiger partial charge in [-0.15, -0.1) is 0 Å². The Morgan fingerprint density at radius 1 is 1.47 bits per heavy atom. The van der Waals surface area contributed by atoms with Crippen LogP contribution in [0.25, 0.3) is 0 Å². The minimum Gasteiger partial charge on any atom is -0.469 e. The highest BCUT2D eigenvalue weighted by Gasteiger charge is 2.28. The molecular formula is C13H16BrNO2. The van der Waals surface area contributed by atoms with Crippen molar-refractivity contribution in [3.8, 4) is 0 Å². The number of benzene rings is 1. The van der Waals surface area contributed by atoms with Crippen LogP contribution >= 0.6 is 15.9 Å². The van der Waals surface area contributed by atoms with E-state index in [9.17, 15) is 4.79 Å². The SMILES string of the molecule is COC(=O)C1CCN(Cc2ccc(Br)cc2)C1. The van der Waals surface area contributed by atoms with Gasteiger partial charge in [0.15, 0.2) is 0 Å². The number of likely N-dealkylation sites (tertiary alicyclic amines) is 1. The van der Waals surface area contributed by atoms with E-state index < -0.39 is 0 Å². The molecule has 0 amide bonds. The molecule has 1 atom stereocenters. The Labute approximate surface area is 110 Å². The molecule has 1 saturated heterocycles. The monoisotopic (exact) mass is 297 g/mol. The van der Waals surface area contributed by atoms with Crippen molar-refractivity contribution in [2.24, 2.45) is 5.92 Å². The van der Waals surface area contributed by atoms with Crippen LogP contribution in [0, 0.1) is 5.92 Å². The molecule has 0 spiro atoms. The summed E-state index contributed by atoms with van der Waals surface area (Å²) in [5.74, 6) is -0.0289. The first kappa shape index (κ1) is 12.6. The maximum atomic E-state index is 11.4. The van der Waals surface area contributed by atoms with Crippen LogP contribution in [-0.4, -0.2) is 31.1 Å². The van der Waals surface area contributed by atoms with E-state index in [2.05, 4.69) is 33.0 Å². The van der Waals surface area contributed by atoms with E-state index in [1.807, 2.05) is 12.1 Å². The number of esters is 1. The molecule has 1 unspecified atom stereocenters. The molecule has 3 nitrogen and oxygen atoms in total. The lowest BCUT2D eigenvalue weighted by atomic mass is 10.1. The van der Waals surface area contributed by atoms with Crippen molar-refractivity contribution in [2.45, 2.75) is 13.0 Å². The van der Waals surface area contributed by atoms with Crippen molar-refractivity contribution >= 4 is 21.9 Å². The number of methoxy groups -OCH3 is 1. The Bertz CT molecular complexity index is 391. The summed E-state index contributed by atoms with van der Waals surface area (Å²) in [5, 5.41) is 0. The van der Waals surface area contributed by atoms with Gasteiger partial charge in [-0.05, 0) is 30.7 Å². The Morgan fingerprint density at radius 3 is 2.82 bits per heavy atom. The number of hydrogen-bond donors (Lipinski definition) is 0. The second-order valence-electron chi connectivity index (χ2n) is 4.37. The van der Waals surface area contributed by atoms with E-state index in [0.717, 1.165) is 30.5 Å². The van der Waals surface area contributed by atoms with Gasteiger partial charge in [-0.1, -0.05) is 28.1 Å². The lowest BCUT2D eigenvalue weighted by Gasteiger charge is -2.15. The van der Waals surface area contributed by atoms with E-state index >= 15 is 0 Å². The Morgan fingerprint density at radius 2 is 2.18 bits per heavy atom. The first-order valence-corrected chi connectivity index (χ1v) is 6.53. The third kappa shape index (κ3) is 3.30. The van der Waals surface area contributed by atoms with Gasteiger partial charge in [-0.25, -0.2) is 0 Å². The molecule has 4 heteroatoms. The highest BCUT2D eigenvalue weighted by Crippen LogP contribution is 2.20. The fourth-order valence-electron chi connectivity index (χ4n) is 2.18. The second kappa shape index (κ2) is 5.65. The summed E-state index contributed by atoms with van der Waals surface area (Å²) in [6, 6.07) is 8.30. The van der Waals surface area contributed by atoms with Gasteiger partial charge in [0.1, 0.15) is 0 Å². The average molecular weight is 298 g/mol. The van der Waals surface area contributed by atoms with E-state index in [1.54, 1.807) is 0 Å². The van der Waals surface area contributed by atoms with E-state index in [-0.39, 0.29) is 11.9 Å². The van der Waals surface area contributed by atoms with Gasteiger partial charge in [0.25, 0.3) is 0 Å². The molecule has 1 aliphatic heterocycles. The van der Waals surface area contributed by atoms with Gasteiger partial charge in [0, 0.05) is 17.6 Å². The number of halogens is 1. The Hall–Kier alpha value is -0.870. The summed E-state index contributed by atoms with van der Waals surface area (Å²) in [7, 11) is 1.46. The molecule has 92 valence electrons. The molecule has 1 aromatic rings. The lowest BCUT2D eigenvalue weighted by Crippen LogP contribution is -2.23. The molecule has 0 N–H and O–H groups in total. The number of carbonyl (C=O) groups excluding carboxylic acids is 1. The van der Waals surface area contributed by atoms with Crippen molar-refractivity contribution in [3.63, 3.8) is 0 Å². The van der Waals surface area contributed by atoms with Gasteiger partial charge in [-0.2, -0.15) is 0 Å². The molecule has 0 bridgehead atoms. The molecule has 2 rings (SSSR count).